The first-order chi connectivity index (χ1) is 12.2. The van der Waals surface area contributed by atoms with Crippen molar-refractivity contribution in [2.24, 2.45) is 0 Å². The Bertz CT molecular complexity index is 959. The summed E-state index contributed by atoms with van der Waals surface area (Å²) in [7, 11) is 0. The third kappa shape index (κ3) is 2.61. The predicted octanol–water partition coefficient (Wildman–Crippen LogP) is 3.63. The van der Waals surface area contributed by atoms with Crippen LogP contribution in [0.1, 0.15) is 28.5 Å². The van der Waals surface area contributed by atoms with Crippen LogP contribution in [0.2, 0.25) is 0 Å². The van der Waals surface area contributed by atoms with Gasteiger partial charge in [0.05, 0.1) is 0 Å². The Morgan fingerprint density at radius 3 is 2.80 bits per heavy atom. The molecule has 1 aromatic heterocycles. The van der Waals surface area contributed by atoms with E-state index in [4.69, 9.17) is 9.47 Å². The molecule has 5 nitrogen and oxygen atoms in total. The summed E-state index contributed by atoms with van der Waals surface area (Å²) in [6.07, 6.45) is 0. The number of para-hydroxylation sites is 1. The Morgan fingerprint density at radius 2 is 1.96 bits per heavy atom. The third-order valence-electron chi connectivity index (χ3n) is 4.65. The van der Waals surface area contributed by atoms with Crippen LogP contribution in [-0.4, -0.2) is 17.3 Å². The lowest BCUT2D eigenvalue weighted by Gasteiger charge is -2.10. The molecule has 0 radical (unpaired) electrons. The van der Waals surface area contributed by atoms with E-state index in [1.54, 1.807) is 0 Å². The van der Waals surface area contributed by atoms with Crippen molar-refractivity contribution in [3.05, 3.63) is 59.3 Å². The number of fused-ring (bicyclic) bond motifs is 2. The number of ether oxygens (including phenoxy) is 2. The summed E-state index contributed by atoms with van der Waals surface area (Å²) >= 11 is 0. The van der Waals surface area contributed by atoms with Crippen LogP contribution >= 0.6 is 0 Å². The second-order valence-electron chi connectivity index (χ2n) is 6.11. The highest BCUT2D eigenvalue weighted by atomic mass is 16.7. The zero-order valence-electron chi connectivity index (χ0n) is 14.3. The number of hydrogen-bond acceptors (Lipinski definition) is 3. The maximum atomic E-state index is 12.8. The van der Waals surface area contributed by atoms with Gasteiger partial charge in [0.2, 0.25) is 6.79 Å². The van der Waals surface area contributed by atoms with Crippen LogP contribution in [0.3, 0.4) is 0 Å². The van der Waals surface area contributed by atoms with Gasteiger partial charge in [-0.1, -0.05) is 24.3 Å². The van der Waals surface area contributed by atoms with E-state index in [-0.39, 0.29) is 12.7 Å². The van der Waals surface area contributed by atoms with Gasteiger partial charge in [-0.05, 0) is 43.2 Å². The van der Waals surface area contributed by atoms with Crippen molar-refractivity contribution in [1.82, 2.24) is 9.88 Å². The van der Waals surface area contributed by atoms with Crippen LogP contribution in [0.4, 0.5) is 0 Å². The Labute approximate surface area is 146 Å². The van der Waals surface area contributed by atoms with Crippen LogP contribution < -0.4 is 14.8 Å². The van der Waals surface area contributed by atoms with Gasteiger partial charge in [-0.25, -0.2) is 0 Å². The minimum atomic E-state index is -0.0618. The van der Waals surface area contributed by atoms with Gasteiger partial charge in [-0.2, -0.15) is 0 Å². The highest BCUT2D eigenvalue weighted by Crippen LogP contribution is 2.32. The zero-order chi connectivity index (χ0) is 17.4. The molecule has 0 unspecified atom stereocenters. The average Bonchev–Trinajstić information content (AvgIpc) is 3.21. The molecule has 2 heterocycles. The van der Waals surface area contributed by atoms with Gasteiger partial charge in [0.15, 0.2) is 11.5 Å². The number of rotatable bonds is 4. The highest BCUT2D eigenvalue weighted by molar-refractivity contribution is 6.01. The Balaban J connectivity index is 1.59. The van der Waals surface area contributed by atoms with Gasteiger partial charge in [-0.15, -0.1) is 0 Å². The molecular weight excluding hydrogens is 316 g/mol. The molecule has 1 amide bonds. The van der Waals surface area contributed by atoms with Crippen molar-refractivity contribution in [2.75, 3.05) is 6.79 Å². The molecule has 1 aliphatic rings. The van der Waals surface area contributed by atoms with E-state index in [0.717, 1.165) is 45.8 Å². The first kappa shape index (κ1) is 15.6. The lowest BCUT2D eigenvalue weighted by molar-refractivity contribution is 0.0941. The minimum absolute atomic E-state index is 0.0618. The lowest BCUT2D eigenvalue weighted by atomic mass is 10.1. The number of benzene rings is 2. The van der Waals surface area contributed by atoms with Crippen LogP contribution in [0.25, 0.3) is 10.9 Å². The summed E-state index contributed by atoms with van der Waals surface area (Å²) in [5, 5.41) is 4.15. The highest BCUT2D eigenvalue weighted by Gasteiger charge is 2.19. The van der Waals surface area contributed by atoms with Crippen molar-refractivity contribution in [2.45, 2.75) is 26.9 Å². The van der Waals surface area contributed by atoms with Gasteiger partial charge in [-0.3, -0.25) is 4.79 Å². The quantitative estimate of drug-likeness (QED) is 0.791. The van der Waals surface area contributed by atoms with E-state index >= 15 is 0 Å². The number of carbonyl (C=O) groups excluding carboxylic acids is 1. The van der Waals surface area contributed by atoms with Crippen molar-refractivity contribution in [1.29, 1.82) is 0 Å². The van der Waals surface area contributed by atoms with Crippen molar-refractivity contribution >= 4 is 16.8 Å². The van der Waals surface area contributed by atoms with Crippen LogP contribution in [-0.2, 0) is 13.1 Å². The van der Waals surface area contributed by atoms with Gasteiger partial charge in [0.1, 0.15) is 5.69 Å². The molecule has 0 atom stereocenters. The molecule has 0 spiro atoms. The molecule has 0 saturated carbocycles. The summed E-state index contributed by atoms with van der Waals surface area (Å²) < 4.78 is 12.8. The first-order valence-corrected chi connectivity index (χ1v) is 8.43. The molecule has 0 saturated heterocycles. The summed E-state index contributed by atoms with van der Waals surface area (Å²) in [5.41, 5.74) is 3.82. The van der Waals surface area contributed by atoms with Gasteiger partial charge < -0.3 is 19.4 Å². The molecule has 1 aliphatic heterocycles. The first-order valence-electron chi connectivity index (χ1n) is 8.43. The zero-order valence-corrected chi connectivity index (χ0v) is 14.3. The number of aryl methyl sites for hydroxylation is 2. The number of hydrogen-bond donors (Lipinski definition) is 1. The largest absolute Gasteiger partial charge is 0.454 e. The molecule has 128 valence electrons. The second kappa shape index (κ2) is 6.16. The molecule has 25 heavy (non-hydrogen) atoms. The molecule has 5 heteroatoms. The van der Waals surface area contributed by atoms with E-state index in [1.807, 2.05) is 37.3 Å². The smallest absolute Gasteiger partial charge is 0.268 e. The summed E-state index contributed by atoms with van der Waals surface area (Å²) in [6, 6.07) is 13.8. The van der Waals surface area contributed by atoms with Crippen LogP contribution in [0, 0.1) is 6.92 Å². The average molecular weight is 336 g/mol. The number of carbonyl (C=O) groups is 1. The van der Waals surface area contributed by atoms with Crippen LogP contribution in [0.15, 0.2) is 42.5 Å². The molecule has 0 aliphatic carbocycles. The maximum absolute atomic E-state index is 12.8. The van der Waals surface area contributed by atoms with Gasteiger partial charge >= 0.3 is 0 Å². The van der Waals surface area contributed by atoms with Crippen molar-refractivity contribution in [3.63, 3.8) is 0 Å². The topological polar surface area (TPSA) is 52.5 Å². The number of nitrogens with one attached hydrogen (secondary N) is 1. The van der Waals surface area contributed by atoms with E-state index < -0.39 is 0 Å². The molecular formula is C20H20N2O3. The molecule has 3 aromatic rings. The predicted molar refractivity (Wildman–Crippen MR) is 96.1 cm³/mol. The number of amides is 1. The fraction of sp³-hybridized carbons (Fsp3) is 0.250. The van der Waals surface area contributed by atoms with Crippen molar-refractivity contribution in [3.8, 4) is 11.5 Å². The fourth-order valence-electron chi connectivity index (χ4n) is 3.41. The van der Waals surface area contributed by atoms with Crippen molar-refractivity contribution < 1.29 is 14.3 Å². The van der Waals surface area contributed by atoms with E-state index in [2.05, 4.69) is 28.9 Å². The summed E-state index contributed by atoms with van der Waals surface area (Å²) in [6.45, 7) is 5.51. The Kier molecular flexibility index (Phi) is 3.84. The van der Waals surface area contributed by atoms with E-state index in [9.17, 15) is 4.79 Å². The van der Waals surface area contributed by atoms with Gasteiger partial charge in [0, 0.05) is 24.0 Å². The van der Waals surface area contributed by atoms with Crippen LogP contribution in [0.5, 0.6) is 11.5 Å². The number of aromatic nitrogens is 1. The summed E-state index contributed by atoms with van der Waals surface area (Å²) in [5.74, 6) is 1.41. The standard InChI is InChI=1S/C20H20N2O3/c1-3-22-16-7-5-4-6-15(16)13(2)19(22)20(23)21-11-14-8-9-17-18(10-14)25-12-24-17/h4-10H,3,11-12H2,1-2H3,(H,21,23). The normalized spacial score (nSPS) is 12.6. The molecule has 0 bridgehead atoms. The van der Waals surface area contributed by atoms with Gasteiger partial charge in [0.25, 0.3) is 5.91 Å². The maximum Gasteiger partial charge on any atom is 0.268 e. The monoisotopic (exact) mass is 336 g/mol. The molecule has 1 N–H and O–H groups in total. The Morgan fingerprint density at radius 1 is 1.16 bits per heavy atom. The second-order valence-corrected chi connectivity index (χ2v) is 6.11. The van der Waals surface area contributed by atoms with E-state index in [1.165, 1.54) is 0 Å². The molecule has 2 aromatic carbocycles. The van der Waals surface area contributed by atoms with E-state index in [0.29, 0.717) is 6.54 Å². The Hall–Kier alpha value is -2.95. The summed E-state index contributed by atoms with van der Waals surface area (Å²) in [4.78, 5) is 12.8. The molecule has 0 fully saturated rings. The third-order valence-corrected chi connectivity index (χ3v) is 4.65. The lowest BCUT2D eigenvalue weighted by Crippen LogP contribution is -2.26. The fourth-order valence-corrected chi connectivity index (χ4v) is 3.41. The minimum Gasteiger partial charge on any atom is -0.454 e. The SMILES string of the molecule is CCn1c(C(=O)NCc2ccc3c(c2)OCO3)c(C)c2ccccc21. The number of nitrogens with zero attached hydrogens (tertiary/aromatic N) is 1. The molecule has 4 rings (SSSR count).